The molecule has 0 aromatic carbocycles. The monoisotopic (exact) mass is 230 g/mol. The van der Waals surface area contributed by atoms with Crippen molar-refractivity contribution >= 4 is 17.5 Å². The highest BCUT2D eigenvalue weighted by Crippen LogP contribution is 2.30. The van der Waals surface area contributed by atoms with Crippen LogP contribution in [0, 0.1) is 0 Å². The van der Waals surface area contributed by atoms with E-state index in [1.165, 1.54) is 19.3 Å². The molecule has 0 aliphatic heterocycles. The van der Waals surface area contributed by atoms with Crippen LogP contribution in [0.3, 0.4) is 0 Å². The van der Waals surface area contributed by atoms with E-state index in [4.69, 9.17) is 0 Å². The van der Waals surface area contributed by atoms with E-state index in [9.17, 15) is 4.79 Å². The van der Waals surface area contributed by atoms with E-state index < -0.39 is 0 Å². The Kier molecular flexibility index (Phi) is 7.33. The second-order valence-electron chi connectivity index (χ2n) is 5.34. The van der Waals surface area contributed by atoms with E-state index >= 15 is 0 Å². The molecule has 0 heterocycles. The molecule has 0 saturated heterocycles. The van der Waals surface area contributed by atoms with Gasteiger partial charge in [-0.1, -0.05) is 40.5 Å². The van der Waals surface area contributed by atoms with E-state index in [1.807, 2.05) is 0 Å². The zero-order valence-corrected chi connectivity index (χ0v) is 11.7. The van der Waals surface area contributed by atoms with Crippen molar-refractivity contribution in [3.05, 3.63) is 0 Å². The second kappa shape index (κ2) is 7.32. The molecule has 0 saturated carbocycles. The van der Waals surface area contributed by atoms with E-state index in [-0.39, 0.29) is 0 Å². The molecule has 0 rings (SSSR count). The number of unbranched alkanes of at least 4 members (excludes halogenated alkanes) is 2. The molecule has 0 N–H and O–H groups in total. The van der Waals surface area contributed by atoms with Crippen molar-refractivity contribution in [3.63, 3.8) is 0 Å². The second-order valence-corrected chi connectivity index (χ2v) is 7.61. The molecule has 0 aliphatic carbocycles. The summed E-state index contributed by atoms with van der Waals surface area (Å²) >= 11 is 2.05. The first kappa shape index (κ1) is 15.0. The number of Topliss-reactive ketones (excluding diaryl/α,β-unsaturated/α-hetero) is 1. The van der Waals surface area contributed by atoms with Crippen molar-refractivity contribution in [1.29, 1.82) is 0 Å². The Morgan fingerprint density at radius 3 is 2.27 bits per heavy atom. The van der Waals surface area contributed by atoms with Gasteiger partial charge >= 0.3 is 0 Å². The SMILES string of the molecule is CC(=O)CCCCCC(C)SC(C)(C)C. The highest BCUT2D eigenvalue weighted by Gasteiger charge is 2.15. The lowest BCUT2D eigenvalue weighted by Gasteiger charge is -2.22. The fraction of sp³-hybridized carbons (Fsp3) is 0.923. The number of rotatable bonds is 7. The summed E-state index contributed by atoms with van der Waals surface area (Å²) in [4.78, 5) is 10.7. The standard InChI is InChI=1S/C13H26OS/c1-11(14)9-7-6-8-10-12(2)15-13(3,4)5/h12H,6-10H2,1-5H3. The summed E-state index contributed by atoms with van der Waals surface area (Å²) in [6.07, 6.45) is 5.58. The maximum atomic E-state index is 10.7. The van der Waals surface area contributed by atoms with Crippen molar-refractivity contribution in [1.82, 2.24) is 0 Å². The van der Waals surface area contributed by atoms with Crippen LogP contribution in [-0.2, 0) is 4.79 Å². The van der Waals surface area contributed by atoms with Gasteiger partial charge in [0, 0.05) is 16.4 Å². The van der Waals surface area contributed by atoms with Crippen LogP contribution < -0.4 is 0 Å². The molecule has 90 valence electrons. The lowest BCUT2D eigenvalue weighted by molar-refractivity contribution is -0.117. The average molecular weight is 230 g/mol. The lowest BCUT2D eigenvalue weighted by Crippen LogP contribution is -2.13. The Labute approximate surface area is 99.4 Å². The summed E-state index contributed by atoms with van der Waals surface area (Å²) in [5, 5.41) is 0.738. The molecule has 0 spiro atoms. The highest BCUT2D eigenvalue weighted by molar-refractivity contribution is 8.01. The molecule has 0 radical (unpaired) electrons. The molecule has 2 heteroatoms. The smallest absolute Gasteiger partial charge is 0.129 e. The van der Waals surface area contributed by atoms with Crippen molar-refractivity contribution in [3.8, 4) is 0 Å². The van der Waals surface area contributed by atoms with Gasteiger partial charge in [-0.05, 0) is 19.8 Å². The molecular formula is C13H26OS. The number of carbonyl (C=O) groups is 1. The van der Waals surface area contributed by atoms with Gasteiger partial charge < -0.3 is 4.79 Å². The number of carbonyl (C=O) groups excluding carboxylic acids is 1. The Hall–Kier alpha value is 0.0200. The zero-order chi connectivity index (χ0) is 11.9. The number of thioether (sulfide) groups is 1. The minimum Gasteiger partial charge on any atom is -0.300 e. The van der Waals surface area contributed by atoms with Gasteiger partial charge in [0.05, 0.1) is 0 Å². The minimum atomic E-state index is 0.326. The minimum absolute atomic E-state index is 0.326. The van der Waals surface area contributed by atoms with Crippen LogP contribution >= 0.6 is 11.8 Å². The average Bonchev–Trinajstić information content (AvgIpc) is 1.99. The summed E-state index contributed by atoms with van der Waals surface area (Å²) in [6, 6.07) is 0. The summed E-state index contributed by atoms with van der Waals surface area (Å²) < 4.78 is 0.374. The molecule has 0 aromatic rings. The van der Waals surface area contributed by atoms with Crippen LogP contribution in [0.1, 0.15) is 66.7 Å². The summed E-state index contributed by atoms with van der Waals surface area (Å²) in [5.41, 5.74) is 0. The zero-order valence-electron chi connectivity index (χ0n) is 10.9. The van der Waals surface area contributed by atoms with Gasteiger partial charge in [0.25, 0.3) is 0 Å². The molecule has 1 atom stereocenters. The van der Waals surface area contributed by atoms with Crippen molar-refractivity contribution < 1.29 is 4.79 Å². The first-order valence-corrected chi connectivity index (χ1v) is 6.86. The largest absolute Gasteiger partial charge is 0.300 e. The fourth-order valence-corrected chi connectivity index (χ4v) is 3.14. The van der Waals surface area contributed by atoms with Crippen LogP contribution in [0.4, 0.5) is 0 Å². The van der Waals surface area contributed by atoms with E-state index in [0.29, 0.717) is 10.5 Å². The van der Waals surface area contributed by atoms with E-state index in [2.05, 4.69) is 39.5 Å². The number of hydrogen-bond donors (Lipinski definition) is 0. The number of ketones is 1. The van der Waals surface area contributed by atoms with Gasteiger partial charge in [-0.3, -0.25) is 0 Å². The first-order chi connectivity index (χ1) is 6.81. The van der Waals surface area contributed by atoms with Crippen molar-refractivity contribution in [2.24, 2.45) is 0 Å². The Morgan fingerprint density at radius 2 is 1.80 bits per heavy atom. The number of hydrogen-bond acceptors (Lipinski definition) is 2. The van der Waals surface area contributed by atoms with Crippen molar-refractivity contribution in [2.45, 2.75) is 76.7 Å². The van der Waals surface area contributed by atoms with Gasteiger partial charge in [0.1, 0.15) is 5.78 Å². The molecule has 1 unspecified atom stereocenters. The molecule has 15 heavy (non-hydrogen) atoms. The van der Waals surface area contributed by atoms with E-state index in [0.717, 1.165) is 18.1 Å². The van der Waals surface area contributed by atoms with Crippen molar-refractivity contribution in [2.75, 3.05) is 0 Å². The third kappa shape index (κ3) is 11.9. The molecule has 0 fully saturated rings. The third-order valence-electron chi connectivity index (χ3n) is 2.19. The predicted molar refractivity (Wildman–Crippen MR) is 70.6 cm³/mol. The molecule has 0 aliphatic rings. The Morgan fingerprint density at radius 1 is 1.20 bits per heavy atom. The highest BCUT2D eigenvalue weighted by atomic mass is 32.2. The Balaban J connectivity index is 3.39. The first-order valence-electron chi connectivity index (χ1n) is 5.98. The quantitative estimate of drug-likeness (QED) is 0.601. The fourth-order valence-electron chi connectivity index (χ4n) is 1.64. The summed E-state index contributed by atoms with van der Waals surface area (Å²) in [5.74, 6) is 0.326. The maximum absolute atomic E-state index is 10.7. The predicted octanol–water partition coefficient (Wildman–Crippen LogP) is 4.45. The molecule has 1 nitrogen and oxygen atoms in total. The topological polar surface area (TPSA) is 17.1 Å². The van der Waals surface area contributed by atoms with Gasteiger partial charge in [-0.2, -0.15) is 11.8 Å². The summed E-state index contributed by atoms with van der Waals surface area (Å²) in [7, 11) is 0. The molecule has 0 amide bonds. The summed E-state index contributed by atoms with van der Waals surface area (Å²) in [6.45, 7) is 10.8. The third-order valence-corrected chi connectivity index (χ3v) is 3.54. The van der Waals surface area contributed by atoms with Gasteiger partial charge in [0.2, 0.25) is 0 Å². The lowest BCUT2D eigenvalue weighted by atomic mass is 10.1. The normalized spacial score (nSPS) is 13.9. The van der Waals surface area contributed by atoms with Gasteiger partial charge in [-0.25, -0.2) is 0 Å². The van der Waals surface area contributed by atoms with Crippen LogP contribution in [0.25, 0.3) is 0 Å². The van der Waals surface area contributed by atoms with E-state index in [1.54, 1.807) is 6.92 Å². The van der Waals surface area contributed by atoms with Gasteiger partial charge in [0.15, 0.2) is 0 Å². The molecular weight excluding hydrogens is 204 g/mol. The van der Waals surface area contributed by atoms with Crippen LogP contribution in [0.2, 0.25) is 0 Å². The molecule has 0 aromatic heterocycles. The molecule has 0 bridgehead atoms. The van der Waals surface area contributed by atoms with Crippen LogP contribution in [0.5, 0.6) is 0 Å². The Bertz CT molecular complexity index is 181. The van der Waals surface area contributed by atoms with Crippen LogP contribution in [0.15, 0.2) is 0 Å². The van der Waals surface area contributed by atoms with Gasteiger partial charge in [-0.15, -0.1) is 0 Å². The van der Waals surface area contributed by atoms with Crippen LogP contribution in [-0.4, -0.2) is 15.8 Å². The maximum Gasteiger partial charge on any atom is 0.129 e.